The van der Waals surface area contributed by atoms with E-state index in [0.717, 1.165) is 11.3 Å². The Hall–Kier alpha value is -3.30. The average molecular weight is 445 g/mol. The highest BCUT2D eigenvalue weighted by molar-refractivity contribution is 7.14. The van der Waals surface area contributed by atoms with Gasteiger partial charge in [-0.05, 0) is 36.4 Å². The van der Waals surface area contributed by atoms with E-state index in [1.54, 1.807) is 24.6 Å². The maximum atomic E-state index is 13.6. The minimum absolute atomic E-state index is 0.233. The van der Waals surface area contributed by atoms with Crippen LogP contribution in [0.4, 0.5) is 9.52 Å². The van der Waals surface area contributed by atoms with Crippen molar-refractivity contribution in [1.29, 1.82) is 0 Å². The number of benzene rings is 2. The number of thiazole rings is 1. The molecule has 4 rings (SSSR count). The van der Waals surface area contributed by atoms with Gasteiger partial charge >= 0.3 is 0 Å². The van der Waals surface area contributed by atoms with Crippen LogP contribution < -0.4 is 15.5 Å². The summed E-state index contributed by atoms with van der Waals surface area (Å²) in [5.74, 6) is -0.696. The Morgan fingerprint density at radius 2 is 2.07 bits per heavy atom. The molecule has 0 bridgehead atoms. The van der Waals surface area contributed by atoms with Gasteiger partial charge in [0.2, 0.25) is 5.43 Å². The molecule has 0 fully saturated rings. The van der Waals surface area contributed by atoms with Gasteiger partial charge in [-0.2, -0.15) is 5.10 Å². The number of anilines is 1. The van der Waals surface area contributed by atoms with Gasteiger partial charge in [-0.1, -0.05) is 11.6 Å². The molecule has 1 N–H and O–H groups in total. The van der Waals surface area contributed by atoms with E-state index < -0.39 is 17.2 Å². The quantitative estimate of drug-likeness (QED) is 0.512. The largest absolute Gasteiger partial charge is 0.496 e. The molecule has 152 valence electrons. The van der Waals surface area contributed by atoms with Crippen molar-refractivity contribution in [2.45, 2.75) is 0 Å². The van der Waals surface area contributed by atoms with Crippen LogP contribution in [-0.2, 0) is 7.05 Å². The molecule has 30 heavy (non-hydrogen) atoms. The fourth-order valence-corrected chi connectivity index (χ4v) is 3.87. The van der Waals surface area contributed by atoms with E-state index in [4.69, 9.17) is 16.3 Å². The number of rotatable bonds is 4. The molecule has 7 nitrogen and oxygen atoms in total. The van der Waals surface area contributed by atoms with Crippen LogP contribution >= 0.6 is 22.9 Å². The molecule has 2 aromatic heterocycles. The number of halogens is 2. The Bertz CT molecular complexity index is 1350. The van der Waals surface area contributed by atoms with Crippen molar-refractivity contribution in [3.63, 3.8) is 0 Å². The molecule has 10 heteroatoms. The van der Waals surface area contributed by atoms with E-state index in [2.05, 4.69) is 15.4 Å². The van der Waals surface area contributed by atoms with Crippen molar-refractivity contribution in [1.82, 2.24) is 14.8 Å². The van der Waals surface area contributed by atoms with E-state index >= 15 is 0 Å². The zero-order valence-electron chi connectivity index (χ0n) is 15.8. The van der Waals surface area contributed by atoms with Crippen LogP contribution in [0.2, 0.25) is 5.02 Å². The summed E-state index contributed by atoms with van der Waals surface area (Å²) in [6.07, 6.45) is 0. The highest BCUT2D eigenvalue weighted by atomic mass is 35.5. The van der Waals surface area contributed by atoms with E-state index in [1.165, 1.54) is 36.1 Å². The number of nitrogens with one attached hydrogen (secondary N) is 1. The molecule has 2 aromatic carbocycles. The molecule has 2 heterocycles. The van der Waals surface area contributed by atoms with Crippen LogP contribution in [-0.4, -0.2) is 27.8 Å². The molecule has 0 aliphatic heterocycles. The van der Waals surface area contributed by atoms with Gasteiger partial charge < -0.3 is 4.74 Å². The number of hydrogen-bond acceptors (Lipinski definition) is 6. The normalized spacial score (nSPS) is 10.9. The van der Waals surface area contributed by atoms with Crippen LogP contribution in [0.15, 0.2) is 46.6 Å². The second-order valence-electron chi connectivity index (χ2n) is 6.30. The number of aromatic nitrogens is 3. The molecule has 0 saturated carbocycles. The van der Waals surface area contributed by atoms with Crippen LogP contribution in [0.25, 0.3) is 22.2 Å². The average Bonchev–Trinajstić information content (AvgIpc) is 3.18. The van der Waals surface area contributed by atoms with Gasteiger partial charge in [0, 0.05) is 23.0 Å². The molecular weight excluding hydrogens is 431 g/mol. The van der Waals surface area contributed by atoms with Gasteiger partial charge in [-0.15, -0.1) is 11.3 Å². The highest BCUT2D eigenvalue weighted by Gasteiger charge is 2.19. The first-order valence-electron chi connectivity index (χ1n) is 8.64. The standard InChI is InChI=1S/C20H14ClFN4O3S/c1-26-15-5-3-10(21)7-13(15)18(27)17(25-26)19(28)24-20-23-14(9-30-20)12-8-11(22)4-6-16(12)29-2/h3-9H,1-2H3,(H,23,24,28). The Morgan fingerprint density at radius 3 is 2.83 bits per heavy atom. The first-order valence-corrected chi connectivity index (χ1v) is 9.90. The molecule has 0 saturated heterocycles. The molecule has 0 atom stereocenters. The van der Waals surface area contributed by atoms with Crippen molar-refractivity contribution >= 4 is 44.9 Å². The van der Waals surface area contributed by atoms with E-state index in [9.17, 15) is 14.0 Å². The lowest BCUT2D eigenvalue weighted by atomic mass is 10.1. The maximum Gasteiger partial charge on any atom is 0.281 e. The smallest absolute Gasteiger partial charge is 0.281 e. The van der Waals surface area contributed by atoms with E-state index in [-0.39, 0.29) is 16.2 Å². The molecule has 0 spiro atoms. The molecule has 0 radical (unpaired) electrons. The van der Waals surface area contributed by atoms with Crippen molar-refractivity contribution in [3.8, 4) is 17.0 Å². The first kappa shape index (κ1) is 20.0. The van der Waals surface area contributed by atoms with Gasteiger partial charge in [0.15, 0.2) is 10.8 Å². The summed E-state index contributed by atoms with van der Waals surface area (Å²) in [6.45, 7) is 0. The number of fused-ring (bicyclic) bond motifs is 1. The lowest BCUT2D eigenvalue weighted by Crippen LogP contribution is -2.26. The minimum Gasteiger partial charge on any atom is -0.496 e. The molecule has 1 amide bonds. The zero-order valence-corrected chi connectivity index (χ0v) is 17.3. The zero-order chi connectivity index (χ0) is 21.4. The summed E-state index contributed by atoms with van der Waals surface area (Å²) in [7, 11) is 3.10. The van der Waals surface area contributed by atoms with Gasteiger partial charge in [0.1, 0.15) is 11.6 Å². The third-order valence-electron chi connectivity index (χ3n) is 4.39. The Morgan fingerprint density at radius 1 is 1.27 bits per heavy atom. The summed E-state index contributed by atoms with van der Waals surface area (Å²) >= 11 is 7.12. The van der Waals surface area contributed by atoms with E-state index in [1.807, 2.05) is 0 Å². The summed E-state index contributed by atoms with van der Waals surface area (Å²) in [4.78, 5) is 29.7. The topological polar surface area (TPSA) is 86.1 Å². The Labute approximate surface area is 178 Å². The van der Waals surface area contributed by atoms with Crippen LogP contribution in [0.3, 0.4) is 0 Å². The van der Waals surface area contributed by atoms with Crippen LogP contribution in [0.5, 0.6) is 5.75 Å². The number of carbonyl (C=O) groups is 1. The second-order valence-corrected chi connectivity index (χ2v) is 7.59. The van der Waals surface area contributed by atoms with Crippen LogP contribution in [0.1, 0.15) is 10.5 Å². The van der Waals surface area contributed by atoms with Gasteiger partial charge in [0.25, 0.3) is 5.91 Å². The number of nitrogens with zero attached hydrogens (tertiary/aromatic N) is 3. The summed E-state index contributed by atoms with van der Waals surface area (Å²) in [5.41, 5.74) is 0.608. The molecule has 0 aliphatic rings. The SMILES string of the molecule is COc1ccc(F)cc1-c1csc(NC(=O)c2nn(C)c3ccc(Cl)cc3c2=O)n1. The van der Waals surface area contributed by atoms with E-state index in [0.29, 0.717) is 27.5 Å². The summed E-state index contributed by atoms with van der Waals surface area (Å²) < 4.78 is 20.3. The van der Waals surface area contributed by atoms with Crippen LogP contribution in [0, 0.1) is 5.82 Å². The Kier molecular flexibility index (Phi) is 5.23. The van der Waals surface area contributed by atoms with Crippen molar-refractivity contribution < 1.29 is 13.9 Å². The fraction of sp³-hybridized carbons (Fsp3) is 0.100. The van der Waals surface area contributed by atoms with Gasteiger partial charge in [-0.3, -0.25) is 19.6 Å². The number of carbonyl (C=O) groups excluding carboxylic acids is 1. The molecule has 0 unspecified atom stereocenters. The minimum atomic E-state index is -0.704. The van der Waals surface area contributed by atoms with Crippen molar-refractivity contribution in [3.05, 3.63) is 68.5 Å². The highest BCUT2D eigenvalue weighted by Crippen LogP contribution is 2.32. The number of aryl methyl sites for hydroxylation is 1. The third-order valence-corrected chi connectivity index (χ3v) is 5.39. The monoisotopic (exact) mass is 444 g/mol. The molecular formula is C20H14ClFN4O3S. The number of hydrogen-bond donors (Lipinski definition) is 1. The van der Waals surface area contributed by atoms with Crippen molar-refractivity contribution in [2.75, 3.05) is 12.4 Å². The maximum absolute atomic E-state index is 13.6. The number of amides is 1. The first-order chi connectivity index (χ1) is 14.4. The van der Waals surface area contributed by atoms with Gasteiger partial charge in [0.05, 0.1) is 23.7 Å². The second kappa shape index (κ2) is 7.85. The van der Waals surface area contributed by atoms with Crippen molar-refractivity contribution in [2.24, 2.45) is 7.05 Å². The fourth-order valence-electron chi connectivity index (χ4n) is 2.99. The molecule has 4 aromatic rings. The Balaban J connectivity index is 1.67. The lowest BCUT2D eigenvalue weighted by Gasteiger charge is -2.08. The number of methoxy groups -OCH3 is 1. The lowest BCUT2D eigenvalue weighted by molar-refractivity contribution is 0.101. The molecule has 0 aliphatic carbocycles. The third kappa shape index (κ3) is 3.64. The summed E-state index contributed by atoms with van der Waals surface area (Å²) in [5, 5.41) is 9.21. The number of ether oxygens (including phenoxy) is 1. The summed E-state index contributed by atoms with van der Waals surface area (Å²) in [6, 6.07) is 8.87. The predicted octanol–water partition coefficient (Wildman–Crippen LogP) is 4.11. The van der Waals surface area contributed by atoms with Gasteiger partial charge in [-0.25, -0.2) is 9.37 Å². The predicted molar refractivity (Wildman–Crippen MR) is 114 cm³/mol.